The average Bonchev–Trinajstić information content (AvgIpc) is 2.17. The highest BCUT2D eigenvalue weighted by atomic mass is 35.5. The second-order valence-electron chi connectivity index (χ2n) is 5.32. The molecule has 1 atom stereocenters. The molecule has 1 heterocycles. The van der Waals surface area contributed by atoms with Crippen LogP contribution in [0.4, 0.5) is 5.82 Å². The Hall–Kier alpha value is -0.830. The first kappa shape index (κ1) is 13.2. The molecule has 0 spiro atoms. The lowest BCUT2D eigenvalue weighted by atomic mass is 9.88. The molecule has 90 valence electrons. The molecular weight excluding hydrogens is 222 g/mol. The third kappa shape index (κ3) is 2.85. The fourth-order valence-corrected chi connectivity index (χ4v) is 1.31. The van der Waals surface area contributed by atoms with Crippen molar-refractivity contribution in [2.24, 2.45) is 5.41 Å². The summed E-state index contributed by atoms with van der Waals surface area (Å²) in [7, 11) is 0. The zero-order valence-electron chi connectivity index (χ0n) is 10.8. The lowest BCUT2D eigenvalue weighted by Crippen LogP contribution is -2.31. The lowest BCUT2D eigenvalue weighted by Gasteiger charge is -2.29. The van der Waals surface area contributed by atoms with Gasteiger partial charge in [0.1, 0.15) is 0 Å². The molecule has 0 saturated carbocycles. The number of aromatic nitrogens is 2. The van der Waals surface area contributed by atoms with Gasteiger partial charge in [-0.3, -0.25) is 0 Å². The molecular formula is C12H20ClN3. The number of hydrogen-bond donors (Lipinski definition) is 1. The number of hydrogen-bond acceptors (Lipinski definition) is 3. The van der Waals surface area contributed by atoms with E-state index < -0.39 is 0 Å². The third-order valence-corrected chi connectivity index (χ3v) is 3.48. The molecule has 1 aromatic rings. The zero-order chi connectivity index (χ0) is 12.5. The third-order valence-electron chi connectivity index (χ3n) is 3.12. The van der Waals surface area contributed by atoms with Crippen LogP contribution in [0.5, 0.6) is 0 Å². The minimum atomic E-state index is 0.182. The van der Waals surface area contributed by atoms with Crippen LogP contribution in [0.3, 0.4) is 0 Å². The van der Waals surface area contributed by atoms with Crippen molar-refractivity contribution in [3.05, 3.63) is 16.3 Å². The SMILES string of the molecule is Cc1c(Cl)nnc(NC(C)C(C)(C)C)c1C. The first-order chi connectivity index (χ1) is 7.23. The Morgan fingerprint density at radius 3 is 2.19 bits per heavy atom. The van der Waals surface area contributed by atoms with Gasteiger partial charge < -0.3 is 5.32 Å². The maximum absolute atomic E-state index is 5.91. The van der Waals surface area contributed by atoms with Crippen molar-refractivity contribution < 1.29 is 0 Å². The summed E-state index contributed by atoms with van der Waals surface area (Å²) in [6.45, 7) is 12.7. The summed E-state index contributed by atoms with van der Waals surface area (Å²) in [4.78, 5) is 0. The van der Waals surface area contributed by atoms with Gasteiger partial charge in [-0.05, 0) is 37.3 Å². The van der Waals surface area contributed by atoms with E-state index in [-0.39, 0.29) is 5.41 Å². The van der Waals surface area contributed by atoms with Crippen molar-refractivity contribution in [1.82, 2.24) is 10.2 Å². The molecule has 0 amide bonds. The van der Waals surface area contributed by atoms with Crippen LogP contribution in [0.25, 0.3) is 0 Å². The van der Waals surface area contributed by atoms with E-state index in [2.05, 4.69) is 43.2 Å². The first-order valence-electron chi connectivity index (χ1n) is 5.49. The number of rotatable bonds is 2. The van der Waals surface area contributed by atoms with Gasteiger partial charge in [0.15, 0.2) is 11.0 Å². The summed E-state index contributed by atoms with van der Waals surface area (Å²) >= 11 is 5.91. The molecule has 1 unspecified atom stereocenters. The van der Waals surface area contributed by atoms with Gasteiger partial charge >= 0.3 is 0 Å². The molecule has 1 rings (SSSR count). The maximum atomic E-state index is 5.91. The maximum Gasteiger partial charge on any atom is 0.155 e. The molecule has 3 nitrogen and oxygen atoms in total. The Morgan fingerprint density at radius 2 is 1.69 bits per heavy atom. The van der Waals surface area contributed by atoms with Crippen molar-refractivity contribution >= 4 is 17.4 Å². The lowest BCUT2D eigenvalue weighted by molar-refractivity contribution is 0.358. The molecule has 0 radical (unpaired) electrons. The summed E-state index contributed by atoms with van der Waals surface area (Å²) in [6, 6.07) is 0.320. The predicted octanol–water partition coefficient (Wildman–Crippen LogP) is 3.59. The average molecular weight is 242 g/mol. The molecule has 16 heavy (non-hydrogen) atoms. The topological polar surface area (TPSA) is 37.8 Å². The number of nitrogens with one attached hydrogen (secondary N) is 1. The quantitative estimate of drug-likeness (QED) is 0.860. The van der Waals surface area contributed by atoms with Crippen LogP contribution >= 0.6 is 11.6 Å². The second-order valence-corrected chi connectivity index (χ2v) is 5.68. The normalized spacial score (nSPS) is 13.7. The van der Waals surface area contributed by atoms with E-state index in [1.54, 1.807) is 0 Å². The molecule has 4 heteroatoms. The van der Waals surface area contributed by atoms with E-state index in [4.69, 9.17) is 11.6 Å². The molecule has 1 aromatic heterocycles. The molecule has 0 saturated heterocycles. The van der Waals surface area contributed by atoms with Gasteiger partial charge in [-0.25, -0.2) is 0 Å². The van der Waals surface area contributed by atoms with E-state index in [0.29, 0.717) is 11.2 Å². The van der Waals surface area contributed by atoms with Crippen LogP contribution < -0.4 is 5.32 Å². The van der Waals surface area contributed by atoms with Crippen molar-refractivity contribution in [2.75, 3.05) is 5.32 Å². The van der Waals surface area contributed by atoms with Crippen molar-refractivity contribution in [1.29, 1.82) is 0 Å². The second kappa shape index (κ2) is 4.58. The van der Waals surface area contributed by atoms with Gasteiger partial charge in [0.25, 0.3) is 0 Å². The van der Waals surface area contributed by atoms with Gasteiger partial charge in [-0.2, -0.15) is 0 Å². The van der Waals surface area contributed by atoms with E-state index in [1.807, 2.05) is 13.8 Å². The zero-order valence-corrected chi connectivity index (χ0v) is 11.6. The first-order valence-corrected chi connectivity index (χ1v) is 5.87. The molecule has 0 bridgehead atoms. The van der Waals surface area contributed by atoms with Gasteiger partial charge in [0.05, 0.1) is 0 Å². The minimum absolute atomic E-state index is 0.182. The van der Waals surface area contributed by atoms with E-state index in [0.717, 1.165) is 16.9 Å². The van der Waals surface area contributed by atoms with Crippen LogP contribution in [0, 0.1) is 19.3 Å². The smallest absolute Gasteiger partial charge is 0.155 e. The standard InChI is InChI=1S/C12H20ClN3/c1-7-8(2)11(16-15-10(7)13)14-9(3)12(4,5)6/h9H,1-6H3,(H,14,16). The van der Waals surface area contributed by atoms with E-state index in [1.165, 1.54) is 0 Å². The summed E-state index contributed by atoms with van der Waals surface area (Å²) in [5.74, 6) is 0.823. The highest BCUT2D eigenvalue weighted by Gasteiger charge is 2.21. The minimum Gasteiger partial charge on any atom is -0.365 e. The van der Waals surface area contributed by atoms with Gasteiger partial charge in [0.2, 0.25) is 0 Å². The van der Waals surface area contributed by atoms with Crippen LogP contribution in [0.2, 0.25) is 5.15 Å². The van der Waals surface area contributed by atoms with Crippen molar-refractivity contribution in [3.63, 3.8) is 0 Å². The molecule has 0 fully saturated rings. The molecule has 0 aliphatic heterocycles. The number of nitrogens with zero attached hydrogens (tertiary/aromatic N) is 2. The van der Waals surface area contributed by atoms with Crippen LogP contribution in [0.1, 0.15) is 38.8 Å². The van der Waals surface area contributed by atoms with Crippen molar-refractivity contribution in [3.8, 4) is 0 Å². The van der Waals surface area contributed by atoms with Crippen LogP contribution in [0.15, 0.2) is 0 Å². The Labute approximate surface area is 103 Å². The molecule has 0 aromatic carbocycles. The molecule has 1 N–H and O–H groups in total. The summed E-state index contributed by atoms with van der Waals surface area (Å²) in [5, 5.41) is 11.9. The highest BCUT2D eigenvalue weighted by Crippen LogP contribution is 2.25. The van der Waals surface area contributed by atoms with Gasteiger partial charge in [-0.15, -0.1) is 10.2 Å². The number of halogens is 1. The van der Waals surface area contributed by atoms with Crippen molar-refractivity contribution in [2.45, 2.75) is 47.6 Å². The largest absolute Gasteiger partial charge is 0.365 e. The predicted molar refractivity (Wildman–Crippen MR) is 69.1 cm³/mol. The summed E-state index contributed by atoms with van der Waals surface area (Å²) in [6.07, 6.45) is 0. The van der Waals surface area contributed by atoms with Gasteiger partial charge in [-0.1, -0.05) is 32.4 Å². The fourth-order valence-electron chi connectivity index (χ4n) is 1.13. The summed E-state index contributed by atoms with van der Waals surface area (Å²) in [5.41, 5.74) is 2.23. The van der Waals surface area contributed by atoms with Crippen LogP contribution in [-0.2, 0) is 0 Å². The van der Waals surface area contributed by atoms with Crippen LogP contribution in [-0.4, -0.2) is 16.2 Å². The molecule has 0 aliphatic rings. The Morgan fingerprint density at radius 1 is 1.12 bits per heavy atom. The Kier molecular flexibility index (Phi) is 3.79. The van der Waals surface area contributed by atoms with E-state index >= 15 is 0 Å². The monoisotopic (exact) mass is 241 g/mol. The highest BCUT2D eigenvalue weighted by molar-refractivity contribution is 6.30. The molecule has 0 aliphatic carbocycles. The Balaban J connectivity index is 2.95. The van der Waals surface area contributed by atoms with Gasteiger partial charge in [0, 0.05) is 6.04 Å². The van der Waals surface area contributed by atoms with E-state index in [9.17, 15) is 0 Å². The fraction of sp³-hybridized carbons (Fsp3) is 0.667. The number of anilines is 1. The summed E-state index contributed by atoms with van der Waals surface area (Å²) < 4.78 is 0. The Bertz CT molecular complexity index is 383.